The number of halogens is 1. The normalized spacial score (nSPS) is 13.5. The first-order valence-electron chi connectivity index (χ1n) is 12.5. The van der Waals surface area contributed by atoms with Crippen molar-refractivity contribution in [2.24, 2.45) is 0 Å². The first-order chi connectivity index (χ1) is 19.0. The summed E-state index contributed by atoms with van der Waals surface area (Å²) in [4.78, 5) is 28.1. The number of hydrogen-bond acceptors (Lipinski definition) is 7. The summed E-state index contributed by atoms with van der Waals surface area (Å²) in [7, 11) is 0. The van der Waals surface area contributed by atoms with E-state index in [2.05, 4.69) is 25.5 Å². The van der Waals surface area contributed by atoms with Crippen LogP contribution in [0.5, 0.6) is 0 Å². The monoisotopic (exact) mass is 544 g/mol. The maximum absolute atomic E-state index is 14.7. The van der Waals surface area contributed by atoms with Gasteiger partial charge >= 0.3 is 0 Å². The third kappa shape index (κ3) is 5.24. The van der Waals surface area contributed by atoms with Gasteiger partial charge in [0.25, 0.3) is 11.5 Å². The summed E-state index contributed by atoms with van der Waals surface area (Å²) in [6.07, 6.45) is 0.307. The number of fused-ring (bicyclic) bond motifs is 2. The number of rotatable bonds is 7. The van der Waals surface area contributed by atoms with E-state index in [4.69, 9.17) is 0 Å². The quantitative estimate of drug-likeness (QED) is 0.288. The predicted octanol–water partition coefficient (Wildman–Crippen LogP) is 3.64. The molecule has 0 bridgehead atoms. The number of aliphatic hydroxyl groups excluding tert-OH is 1. The van der Waals surface area contributed by atoms with E-state index in [-0.39, 0.29) is 17.9 Å². The highest BCUT2D eigenvalue weighted by Crippen LogP contribution is 2.28. The third-order valence-electron chi connectivity index (χ3n) is 6.76. The van der Waals surface area contributed by atoms with Gasteiger partial charge in [0, 0.05) is 41.9 Å². The number of benzene rings is 2. The van der Waals surface area contributed by atoms with Gasteiger partial charge in [0.1, 0.15) is 5.82 Å². The Morgan fingerprint density at radius 1 is 1.13 bits per heavy atom. The molecule has 11 heteroatoms. The van der Waals surface area contributed by atoms with Crippen LogP contribution < -0.4 is 10.9 Å². The summed E-state index contributed by atoms with van der Waals surface area (Å²) in [5.41, 5.74) is 2.96. The van der Waals surface area contributed by atoms with Crippen LogP contribution in [0, 0.1) is 5.82 Å². The lowest BCUT2D eigenvalue weighted by Gasteiger charge is -2.26. The number of aromatic nitrogens is 4. The molecule has 0 fully saturated rings. The molecule has 0 atom stereocenters. The van der Waals surface area contributed by atoms with Gasteiger partial charge in [0.05, 0.1) is 40.8 Å². The lowest BCUT2D eigenvalue weighted by molar-refractivity contribution is 0.103. The molecule has 9 nitrogen and oxygen atoms in total. The van der Waals surface area contributed by atoms with Gasteiger partial charge in [-0.2, -0.15) is 10.2 Å². The van der Waals surface area contributed by atoms with Crippen molar-refractivity contribution in [3.63, 3.8) is 0 Å². The van der Waals surface area contributed by atoms with Gasteiger partial charge in [-0.25, -0.2) is 9.49 Å². The predicted molar refractivity (Wildman–Crippen MR) is 147 cm³/mol. The average Bonchev–Trinajstić information content (AvgIpc) is 3.55. The molecule has 0 radical (unpaired) electrons. The number of anilines is 1. The number of thiophene rings is 1. The molecule has 39 heavy (non-hydrogen) atoms. The molecule has 0 spiro atoms. The van der Waals surface area contributed by atoms with Gasteiger partial charge in [-0.3, -0.25) is 19.2 Å². The van der Waals surface area contributed by atoms with Gasteiger partial charge in [0.2, 0.25) is 0 Å². The molecule has 4 heterocycles. The Hall–Kier alpha value is -4.19. The van der Waals surface area contributed by atoms with Crippen LogP contribution in [0.3, 0.4) is 0 Å². The van der Waals surface area contributed by atoms with Crippen molar-refractivity contribution >= 4 is 33.0 Å². The topological polar surface area (TPSA) is 116 Å². The molecule has 0 saturated heterocycles. The van der Waals surface area contributed by atoms with E-state index in [0.29, 0.717) is 41.2 Å². The van der Waals surface area contributed by atoms with Crippen molar-refractivity contribution in [1.29, 1.82) is 0 Å². The molecule has 1 amide bonds. The second kappa shape index (κ2) is 10.5. The van der Waals surface area contributed by atoms with Gasteiger partial charge in [0.15, 0.2) is 0 Å². The molecule has 1 aliphatic rings. The highest BCUT2D eigenvalue weighted by Gasteiger charge is 2.19. The Morgan fingerprint density at radius 3 is 2.85 bits per heavy atom. The number of carbonyl (C=O) groups is 1. The van der Waals surface area contributed by atoms with Crippen LogP contribution in [-0.2, 0) is 19.5 Å². The number of aromatic amines is 1. The Labute approximate surface area is 226 Å². The third-order valence-corrected chi connectivity index (χ3v) is 7.87. The summed E-state index contributed by atoms with van der Waals surface area (Å²) in [6.45, 7) is 2.94. The van der Waals surface area contributed by atoms with Crippen molar-refractivity contribution in [3.8, 4) is 11.3 Å². The van der Waals surface area contributed by atoms with E-state index in [1.807, 2.05) is 35.0 Å². The van der Waals surface area contributed by atoms with Gasteiger partial charge in [-0.05, 0) is 47.9 Å². The number of hydrogen-bond donors (Lipinski definition) is 3. The minimum Gasteiger partial charge on any atom is -0.395 e. The second-order valence-electron chi connectivity index (χ2n) is 9.43. The van der Waals surface area contributed by atoms with Gasteiger partial charge in [-0.1, -0.05) is 18.2 Å². The Balaban J connectivity index is 1.23. The van der Waals surface area contributed by atoms with Crippen LogP contribution in [-0.4, -0.2) is 55.6 Å². The minimum atomic E-state index is -0.573. The van der Waals surface area contributed by atoms with E-state index in [0.717, 1.165) is 34.6 Å². The summed E-state index contributed by atoms with van der Waals surface area (Å²) >= 11 is 1.34. The molecule has 6 rings (SSSR count). The average molecular weight is 545 g/mol. The second-order valence-corrected chi connectivity index (χ2v) is 10.5. The van der Waals surface area contributed by atoms with Crippen LogP contribution in [0.1, 0.15) is 26.6 Å². The molecule has 5 aromatic rings. The number of nitrogens with one attached hydrogen (secondary N) is 2. The van der Waals surface area contributed by atoms with E-state index >= 15 is 0 Å². The van der Waals surface area contributed by atoms with Crippen LogP contribution in [0.4, 0.5) is 10.1 Å². The van der Waals surface area contributed by atoms with Gasteiger partial charge < -0.3 is 10.4 Å². The lowest BCUT2D eigenvalue weighted by atomic mass is 10.1. The van der Waals surface area contributed by atoms with E-state index in [1.54, 1.807) is 18.2 Å². The van der Waals surface area contributed by atoms with Crippen LogP contribution in [0.25, 0.3) is 21.3 Å². The van der Waals surface area contributed by atoms with Crippen LogP contribution in [0.2, 0.25) is 0 Å². The molecule has 0 saturated carbocycles. The molecule has 1 aliphatic heterocycles. The fourth-order valence-electron chi connectivity index (χ4n) is 4.78. The largest absolute Gasteiger partial charge is 0.395 e. The summed E-state index contributed by atoms with van der Waals surface area (Å²) in [6, 6.07) is 17.4. The fraction of sp³-hybridized carbons (Fsp3) is 0.214. The van der Waals surface area contributed by atoms with Crippen molar-refractivity contribution in [1.82, 2.24) is 24.9 Å². The molecule has 0 unspecified atom stereocenters. The van der Waals surface area contributed by atoms with Crippen molar-refractivity contribution in [3.05, 3.63) is 98.7 Å². The summed E-state index contributed by atoms with van der Waals surface area (Å²) in [5.74, 6) is -0.972. The highest BCUT2D eigenvalue weighted by molar-refractivity contribution is 7.20. The van der Waals surface area contributed by atoms with Gasteiger partial charge in [-0.15, -0.1) is 11.3 Å². The van der Waals surface area contributed by atoms with Crippen LogP contribution in [0.15, 0.2) is 65.5 Å². The smallest absolute Gasteiger partial charge is 0.267 e. The zero-order valence-corrected chi connectivity index (χ0v) is 21.7. The summed E-state index contributed by atoms with van der Waals surface area (Å²) < 4.78 is 17.6. The van der Waals surface area contributed by atoms with Crippen molar-refractivity contribution < 1.29 is 14.3 Å². The molecular formula is C28H25FN6O3S. The Kier molecular flexibility index (Phi) is 6.77. The lowest BCUT2D eigenvalue weighted by Crippen LogP contribution is -2.35. The van der Waals surface area contributed by atoms with E-state index < -0.39 is 11.7 Å². The Morgan fingerprint density at radius 2 is 2.00 bits per heavy atom. The molecule has 3 aromatic heterocycles. The number of β-amino-alcohol motifs (C(OH)–C–C–N with tert-alkyl or cyclic N) is 1. The number of nitrogens with zero attached hydrogens (tertiary/aromatic N) is 4. The Bertz CT molecular complexity index is 1710. The maximum atomic E-state index is 14.7. The first kappa shape index (κ1) is 25.1. The number of carbonyl (C=O) groups excluding carboxylic acids is 1. The number of aliphatic hydroxyl groups is 1. The van der Waals surface area contributed by atoms with Crippen LogP contribution >= 0.6 is 11.3 Å². The van der Waals surface area contributed by atoms with Crippen molar-refractivity contribution in [2.45, 2.75) is 19.5 Å². The zero-order chi connectivity index (χ0) is 26.9. The minimum absolute atomic E-state index is 0.0266. The van der Waals surface area contributed by atoms with Crippen molar-refractivity contribution in [2.75, 3.05) is 25.0 Å². The SMILES string of the molecule is O=C(Nc1cc(-c2cc(Cc3cc4n(n3)CCN(CCO)C4)c(=O)[nH]n2)ccc1F)c1cc2ccccc2s1. The zero-order valence-electron chi connectivity index (χ0n) is 20.9. The summed E-state index contributed by atoms with van der Waals surface area (Å²) in [5, 5.41) is 24.2. The maximum Gasteiger partial charge on any atom is 0.267 e. The molecule has 3 N–H and O–H groups in total. The molecule has 0 aliphatic carbocycles. The number of amides is 1. The molecular weight excluding hydrogens is 519 g/mol. The number of H-pyrrole nitrogens is 1. The molecule has 2 aromatic carbocycles. The van der Waals surface area contributed by atoms with E-state index in [1.165, 1.54) is 23.5 Å². The first-order valence-corrected chi connectivity index (χ1v) is 13.4. The highest BCUT2D eigenvalue weighted by atomic mass is 32.1. The fourth-order valence-corrected chi connectivity index (χ4v) is 5.73. The standard InChI is InChI=1S/C28H25FN6O3S/c29-22-6-5-17(12-24(22)30-28(38)26-14-18-3-1-2-4-25(18)39-26)23-13-19(27(37)32-31-23)11-20-15-21-16-34(9-10-36)7-8-35(21)33-20/h1-6,12-15,36H,7-11,16H2,(H,30,38)(H,32,37). The van der Waals surface area contributed by atoms with E-state index in [9.17, 15) is 19.1 Å². The molecule has 198 valence electrons.